The van der Waals surface area contributed by atoms with Crippen LogP contribution in [-0.4, -0.2) is 35.6 Å². The Hall–Kier alpha value is -0.770. The predicted molar refractivity (Wildman–Crippen MR) is 68.7 cm³/mol. The van der Waals surface area contributed by atoms with Gasteiger partial charge in [0.25, 0.3) is 0 Å². The zero-order chi connectivity index (χ0) is 12.4. The third kappa shape index (κ3) is 3.12. The van der Waals surface area contributed by atoms with Crippen molar-refractivity contribution in [3.63, 3.8) is 0 Å². The molecule has 2 amide bonds. The van der Waals surface area contributed by atoms with Crippen molar-refractivity contribution >= 4 is 6.03 Å². The lowest BCUT2D eigenvalue weighted by molar-refractivity contribution is 0.173. The largest absolute Gasteiger partial charge is 0.333 e. The molecule has 4 heteroatoms. The Balaban J connectivity index is 1.87. The van der Waals surface area contributed by atoms with Crippen molar-refractivity contribution < 1.29 is 4.79 Å². The topological polar surface area (TPSA) is 58.4 Å². The quantitative estimate of drug-likeness (QED) is 0.787. The fraction of sp³-hybridized carbons (Fsp3) is 0.923. The summed E-state index contributed by atoms with van der Waals surface area (Å²) in [5.41, 5.74) is 5.90. The van der Waals surface area contributed by atoms with Crippen LogP contribution in [0.25, 0.3) is 0 Å². The maximum atomic E-state index is 11.9. The number of nitrogens with two attached hydrogens (primary N) is 1. The van der Waals surface area contributed by atoms with Crippen molar-refractivity contribution in [1.82, 2.24) is 10.2 Å². The van der Waals surface area contributed by atoms with Crippen LogP contribution in [0.3, 0.4) is 0 Å². The molecule has 1 heterocycles. The first-order valence-electron chi connectivity index (χ1n) is 6.89. The van der Waals surface area contributed by atoms with Crippen molar-refractivity contribution in [3.8, 4) is 0 Å². The van der Waals surface area contributed by atoms with Crippen LogP contribution in [0.1, 0.15) is 46.0 Å². The smallest absolute Gasteiger partial charge is 0.317 e. The van der Waals surface area contributed by atoms with E-state index in [9.17, 15) is 4.79 Å². The molecule has 0 spiro atoms. The summed E-state index contributed by atoms with van der Waals surface area (Å²) < 4.78 is 0. The van der Waals surface area contributed by atoms with E-state index in [-0.39, 0.29) is 6.03 Å². The zero-order valence-electron chi connectivity index (χ0n) is 11.0. The first-order valence-corrected chi connectivity index (χ1v) is 6.89. The third-order valence-electron chi connectivity index (χ3n) is 3.94. The first-order chi connectivity index (χ1) is 8.06. The molecule has 2 fully saturated rings. The second-order valence-corrected chi connectivity index (χ2v) is 6.00. The van der Waals surface area contributed by atoms with E-state index in [2.05, 4.69) is 19.2 Å². The molecular weight excluding hydrogens is 214 g/mol. The second-order valence-electron chi connectivity index (χ2n) is 6.00. The molecule has 1 saturated carbocycles. The van der Waals surface area contributed by atoms with Gasteiger partial charge in [0.15, 0.2) is 0 Å². The summed E-state index contributed by atoms with van der Waals surface area (Å²) in [6, 6.07) is 1.25. The van der Waals surface area contributed by atoms with Crippen LogP contribution in [0.15, 0.2) is 0 Å². The van der Waals surface area contributed by atoms with Crippen molar-refractivity contribution in [2.24, 2.45) is 11.7 Å². The van der Waals surface area contributed by atoms with Crippen molar-refractivity contribution in [3.05, 3.63) is 0 Å². The molecule has 3 N–H and O–H groups in total. The van der Waals surface area contributed by atoms with Crippen LogP contribution < -0.4 is 11.1 Å². The zero-order valence-corrected chi connectivity index (χ0v) is 11.0. The average molecular weight is 239 g/mol. The summed E-state index contributed by atoms with van der Waals surface area (Å²) in [4.78, 5) is 14.0. The van der Waals surface area contributed by atoms with Gasteiger partial charge >= 0.3 is 6.03 Å². The first kappa shape index (κ1) is 12.7. The fourth-order valence-electron chi connectivity index (χ4n) is 3.05. The highest BCUT2D eigenvalue weighted by Crippen LogP contribution is 2.25. The van der Waals surface area contributed by atoms with Crippen LogP contribution in [0.5, 0.6) is 0 Å². The molecule has 2 rings (SSSR count). The van der Waals surface area contributed by atoms with Gasteiger partial charge in [0.05, 0.1) is 0 Å². The minimum Gasteiger partial charge on any atom is -0.333 e. The highest BCUT2D eigenvalue weighted by atomic mass is 16.2. The molecule has 1 atom stereocenters. The number of carbonyl (C=O) groups excluding carboxylic acids is 1. The Morgan fingerprint density at radius 1 is 1.35 bits per heavy atom. The summed E-state index contributed by atoms with van der Waals surface area (Å²) in [5.74, 6) is 0.639. The molecule has 1 unspecified atom stereocenters. The van der Waals surface area contributed by atoms with E-state index in [0.29, 0.717) is 24.0 Å². The maximum Gasteiger partial charge on any atom is 0.317 e. The third-order valence-corrected chi connectivity index (χ3v) is 3.94. The molecule has 17 heavy (non-hydrogen) atoms. The molecule has 4 nitrogen and oxygen atoms in total. The van der Waals surface area contributed by atoms with Crippen LogP contribution >= 0.6 is 0 Å². The van der Waals surface area contributed by atoms with Crippen molar-refractivity contribution in [2.45, 2.75) is 64.1 Å². The van der Waals surface area contributed by atoms with Gasteiger partial charge in [-0.2, -0.15) is 0 Å². The standard InChI is InChI=1S/C13H25N3O/c1-9(2)7-11-8-16(13(17)15-11)12-5-3-10(14)4-6-12/h9-12H,3-8,14H2,1-2H3,(H,15,17). The summed E-state index contributed by atoms with van der Waals surface area (Å²) in [6.07, 6.45) is 5.34. The number of urea groups is 1. The van der Waals surface area contributed by atoms with E-state index in [1.165, 1.54) is 0 Å². The number of nitrogens with zero attached hydrogens (tertiary/aromatic N) is 1. The Morgan fingerprint density at radius 2 is 2.00 bits per heavy atom. The van der Waals surface area contributed by atoms with Gasteiger partial charge < -0.3 is 16.0 Å². The number of carbonyl (C=O) groups is 1. The fourth-order valence-corrected chi connectivity index (χ4v) is 3.05. The average Bonchev–Trinajstić information content (AvgIpc) is 2.59. The van der Waals surface area contributed by atoms with Crippen LogP contribution in [-0.2, 0) is 0 Å². The number of hydrogen-bond donors (Lipinski definition) is 2. The monoisotopic (exact) mass is 239 g/mol. The number of amides is 2. The molecule has 1 aliphatic carbocycles. The van der Waals surface area contributed by atoms with E-state index >= 15 is 0 Å². The SMILES string of the molecule is CC(C)CC1CN(C2CCC(N)CC2)C(=O)N1. The molecule has 1 aliphatic heterocycles. The van der Waals surface area contributed by atoms with Crippen LogP contribution in [0.4, 0.5) is 4.79 Å². The lowest BCUT2D eigenvalue weighted by Gasteiger charge is -2.32. The van der Waals surface area contributed by atoms with Gasteiger partial charge in [0, 0.05) is 24.7 Å². The van der Waals surface area contributed by atoms with E-state index in [1.54, 1.807) is 0 Å². The highest BCUT2D eigenvalue weighted by molar-refractivity contribution is 5.77. The lowest BCUT2D eigenvalue weighted by atomic mass is 9.91. The molecule has 0 bridgehead atoms. The Bertz CT molecular complexity index is 272. The summed E-state index contributed by atoms with van der Waals surface area (Å²) in [7, 11) is 0. The number of hydrogen-bond acceptors (Lipinski definition) is 2. The molecule has 0 aromatic rings. The summed E-state index contributed by atoms with van der Waals surface area (Å²) in [6.45, 7) is 5.29. The molecule has 0 aromatic carbocycles. The molecule has 0 radical (unpaired) electrons. The van der Waals surface area contributed by atoms with Crippen LogP contribution in [0, 0.1) is 5.92 Å². The Kier molecular flexibility index (Phi) is 3.92. The van der Waals surface area contributed by atoms with E-state index in [4.69, 9.17) is 5.73 Å². The van der Waals surface area contributed by atoms with E-state index in [0.717, 1.165) is 38.6 Å². The van der Waals surface area contributed by atoms with Crippen molar-refractivity contribution in [1.29, 1.82) is 0 Å². The second kappa shape index (κ2) is 5.25. The van der Waals surface area contributed by atoms with Gasteiger partial charge in [0.2, 0.25) is 0 Å². The highest BCUT2D eigenvalue weighted by Gasteiger charge is 2.35. The van der Waals surface area contributed by atoms with Gasteiger partial charge in [-0.05, 0) is 38.0 Å². The molecule has 0 aromatic heterocycles. The molecule has 2 aliphatic rings. The molecule has 1 saturated heterocycles. The van der Waals surface area contributed by atoms with Gasteiger partial charge in [0.1, 0.15) is 0 Å². The van der Waals surface area contributed by atoms with E-state index < -0.39 is 0 Å². The van der Waals surface area contributed by atoms with Gasteiger partial charge in [-0.1, -0.05) is 13.8 Å². The van der Waals surface area contributed by atoms with Crippen LogP contribution in [0.2, 0.25) is 0 Å². The Morgan fingerprint density at radius 3 is 2.59 bits per heavy atom. The number of nitrogens with one attached hydrogen (secondary N) is 1. The minimum atomic E-state index is 0.135. The Labute approximate surface area is 104 Å². The normalized spacial score (nSPS) is 34.2. The maximum absolute atomic E-state index is 11.9. The van der Waals surface area contributed by atoms with Crippen molar-refractivity contribution in [2.75, 3.05) is 6.54 Å². The van der Waals surface area contributed by atoms with Gasteiger partial charge in [-0.15, -0.1) is 0 Å². The van der Waals surface area contributed by atoms with E-state index in [1.807, 2.05) is 4.90 Å². The van der Waals surface area contributed by atoms with Gasteiger partial charge in [-0.25, -0.2) is 4.79 Å². The predicted octanol–water partition coefficient (Wildman–Crippen LogP) is 1.70. The number of rotatable bonds is 3. The lowest BCUT2D eigenvalue weighted by Crippen LogP contribution is -2.42. The van der Waals surface area contributed by atoms with Gasteiger partial charge in [-0.3, -0.25) is 0 Å². The summed E-state index contributed by atoms with van der Waals surface area (Å²) in [5, 5.41) is 3.10. The summed E-state index contributed by atoms with van der Waals surface area (Å²) >= 11 is 0. The minimum absolute atomic E-state index is 0.135. The molecule has 98 valence electrons. The molecular formula is C13H25N3O.